The monoisotopic (exact) mass is 339 g/mol. The normalized spacial score (nSPS) is 11.9. The minimum atomic E-state index is -0.864. The largest absolute Gasteiger partial charge is 0.291 e. The molecule has 6 heteroatoms. The third-order valence-corrected chi connectivity index (χ3v) is 5.56. The van der Waals surface area contributed by atoms with Crippen molar-refractivity contribution in [1.29, 1.82) is 5.26 Å². The minimum absolute atomic E-state index is 0.223. The molecule has 1 aromatic carbocycles. The number of aromatic nitrogens is 2. The SMILES string of the molecule is Cc1csc([C@H](C#N)C(=O)c2sc(-c3ccccc3)nc2C)n1. The first-order valence-corrected chi connectivity index (χ1v) is 8.68. The van der Waals surface area contributed by atoms with Gasteiger partial charge in [-0.25, -0.2) is 9.97 Å². The second-order valence-corrected chi connectivity index (χ2v) is 6.94. The number of ketones is 1. The molecule has 0 saturated carbocycles. The Labute approximate surface area is 142 Å². The van der Waals surface area contributed by atoms with Gasteiger partial charge in [0.05, 0.1) is 16.6 Å². The number of aryl methyl sites for hydroxylation is 2. The van der Waals surface area contributed by atoms with E-state index >= 15 is 0 Å². The third kappa shape index (κ3) is 3.07. The van der Waals surface area contributed by atoms with Crippen LogP contribution >= 0.6 is 22.7 Å². The van der Waals surface area contributed by atoms with E-state index in [0.29, 0.717) is 15.6 Å². The molecule has 0 saturated heterocycles. The molecule has 0 spiro atoms. The van der Waals surface area contributed by atoms with Gasteiger partial charge in [-0.15, -0.1) is 22.7 Å². The van der Waals surface area contributed by atoms with Crippen LogP contribution in [0.3, 0.4) is 0 Å². The Morgan fingerprint density at radius 3 is 2.57 bits per heavy atom. The molecule has 0 amide bonds. The van der Waals surface area contributed by atoms with Gasteiger partial charge < -0.3 is 0 Å². The van der Waals surface area contributed by atoms with Crippen LogP contribution in [-0.4, -0.2) is 15.8 Å². The maximum Gasteiger partial charge on any atom is 0.198 e. The van der Waals surface area contributed by atoms with E-state index in [1.165, 1.54) is 22.7 Å². The lowest BCUT2D eigenvalue weighted by Crippen LogP contribution is -2.10. The van der Waals surface area contributed by atoms with E-state index in [0.717, 1.165) is 16.3 Å². The molecule has 0 fully saturated rings. The highest BCUT2D eigenvalue weighted by Gasteiger charge is 2.28. The first kappa shape index (κ1) is 15.5. The Morgan fingerprint density at radius 2 is 1.96 bits per heavy atom. The molecule has 23 heavy (non-hydrogen) atoms. The van der Waals surface area contributed by atoms with Crippen LogP contribution in [0.1, 0.15) is 32.0 Å². The third-order valence-electron chi connectivity index (χ3n) is 3.32. The number of carbonyl (C=O) groups excluding carboxylic acids is 1. The molecule has 0 aliphatic rings. The van der Waals surface area contributed by atoms with Crippen LogP contribution in [0.2, 0.25) is 0 Å². The summed E-state index contributed by atoms with van der Waals surface area (Å²) in [7, 11) is 0. The average molecular weight is 339 g/mol. The number of hydrogen-bond donors (Lipinski definition) is 0. The zero-order valence-corrected chi connectivity index (χ0v) is 14.2. The van der Waals surface area contributed by atoms with Gasteiger partial charge in [0.2, 0.25) is 0 Å². The molecule has 4 nitrogen and oxygen atoms in total. The smallest absolute Gasteiger partial charge is 0.198 e. The quantitative estimate of drug-likeness (QED) is 0.662. The summed E-state index contributed by atoms with van der Waals surface area (Å²) in [6.07, 6.45) is 0. The summed E-state index contributed by atoms with van der Waals surface area (Å²) in [6.45, 7) is 3.65. The number of thiazole rings is 2. The van der Waals surface area contributed by atoms with Gasteiger partial charge in [-0.05, 0) is 13.8 Å². The first-order chi connectivity index (χ1) is 11.1. The number of carbonyl (C=O) groups is 1. The van der Waals surface area contributed by atoms with Crippen molar-refractivity contribution < 1.29 is 4.79 Å². The predicted molar refractivity (Wildman–Crippen MR) is 91.8 cm³/mol. The Balaban J connectivity index is 1.97. The van der Waals surface area contributed by atoms with Crippen LogP contribution < -0.4 is 0 Å². The summed E-state index contributed by atoms with van der Waals surface area (Å²) < 4.78 is 0. The van der Waals surface area contributed by atoms with Crippen molar-refractivity contribution in [3.8, 4) is 16.6 Å². The maximum absolute atomic E-state index is 12.8. The zero-order chi connectivity index (χ0) is 16.4. The molecule has 2 aromatic heterocycles. The highest BCUT2D eigenvalue weighted by atomic mass is 32.1. The Kier molecular flexibility index (Phi) is 4.33. The highest BCUT2D eigenvalue weighted by molar-refractivity contribution is 7.17. The Hall–Kier alpha value is -2.36. The van der Waals surface area contributed by atoms with Crippen LogP contribution in [0.15, 0.2) is 35.7 Å². The molecule has 0 radical (unpaired) electrons. The van der Waals surface area contributed by atoms with Crippen molar-refractivity contribution >= 4 is 28.5 Å². The van der Waals surface area contributed by atoms with Crippen LogP contribution in [0.4, 0.5) is 0 Å². The second kappa shape index (κ2) is 6.41. The van der Waals surface area contributed by atoms with Crippen molar-refractivity contribution in [2.75, 3.05) is 0 Å². The fourth-order valence-corrected chi connectivity index (χ4v) is 4.07. The molecule has 3 aromatic rings. The van der Waals surface area contributed by atoms with Gasteiger partial charge in [-0.2, -0.15) is 5.26 Å². The fraction of sp³-hybridized carbons (Fsp3) is 0.176. The molecule has 0 aliphatic heterocycles. The molecule has 3 rings (SSSR count). The van der Waals surface area contributed by atoms with Gasteiger partial charge in [0.15, 0.2) is 11.7 Å². The predicted octanol–water partition coefficient (Wildman–Crippen LogP) is 4.37. The van der Waals surface area contributed by atoms with E-state index in [-0.39, 0.29) is 5.78 Å². The summed E-state index contributed by atoms with van der Waals surface area (Å²) in [5.74, 6) is -1.09. The molecule has 114 valence electrons. The van der Waals surface area contributed by atoms with Crippen molar-refractivity contribution in [1.82, 2.24) is 9.97 Å². The Morgan fingerprint density at radius 1 is 1.22 bits per heavy atom. The standard InChI is InChI=1S/C17H13N3OS2/c1-10-9-22-17(19-10)13(8-18)14(21)15-11(2)20-16(23-15)12-6-4-3-5-7-12/h3-7,9,13H,1-2H3/t13-/m1/s1. The highest BCUT2D eigenvalue weighted by Crippen LogP contribution is 2.32. The van der Waals surface area contributed by atoms with E-state index in [9.17, 15) is 10.1 Å². The molecule has 1 atom stereocenters. The molecule has 0 bridgehead atoms. The van der Waals surface area contributed by atoms with Crippen LogP contribution in [-0.2, 0) is 0 Å². The molecular formula is C17H13N3OS2. The minimum Gasteiger partial charge on any atom is -0.291 e. The van der Waals surface area contributed by atoms with Crippen molar-refractivity contribution in [2.45, 2.75) is 19.8 Å². The number of nitrogens with zero attached hydrogens (tertiary/aromatic N) is 3. The van der Waals surface area contributed by atoms with Crippen molar-refractivity contribution in [2.24, 2.45) is 0 Å². The number of nitriles is 1. The molecule has 0 aliphatic carbocycles. The lowest BCUT2D eigenvalue weighted by molar-refractivity contribution is 0.0982. The summed E-state index contributed by atoms with van der Waals surface area (Å²) in [6, 6.07) is 11.8. The number of benzene rings is 1. The van der Waals surface area contributed by atoms with Crippen molar-refractivity contribution in [3.05, 3.63) is 57.0 Å². The van der Waals surface area contributed by atoms with Crippen LogP contribution in [0, 0.1) is 25.2 Å². The maximum atomic E-state index is 12.8. The van der Waals surface area contributed by atoms with Crippen LogP contribution in [0.5, 0.6) is 0 Å². The summed E-state index contributed by atoms with van der Waals surface area (Å²) in [5.41, 5.74) is 2.45. The van der Waals surface area contributed by atoms with E-state index in [1.807, 2.05) is 42.6 Å². The summed E-state index contributed by atoms with van der Waals surface area (Å²) in [5, 5.41) is 12.6. The van der Waals surface area contributed by atoms with Gasteiger partial charge in [0, 0.05) is 16.6 Å². The number of rotatable bonds is 4. The lowest BCUT2D eigenvalue weighted by Gasteiger charge is -2.03. The second-order valence-electron chi connectivity index (χ2n) is 5.05. The topological polar surface area (TPSA) is 66.6 Å². The van der Waals surface area contributed by atoms with Gasteiger partial charge in [-0.1, -0.05) is 30.3 Å². The van der Waals surface area contributed by atoms with E-state index in [1.54, 1.807) is 6.92 Å². The molecule has 0 unspecified atom stereocenters. The summed E-state index contributed by atoms with van der Waals surface area (Å²) in [4.78, 5) is 22.1. The number of hydrogen-bond acceptors (Lipinski definition) is 6. The van der Waals surface area contributed by atoms with Gasteiger partial charge in [0.1, 0.15) is 10.0 Å². The average Bonchev–Trinajstić information content (AvgIpc) is 3.15. The van der Waals surface area contributed by atoms with Crippen molar-refractivity contribution in [3.63, 3.8) is 0 Å². The zero-order valence-electron chi connectivity index (χ0n) is 12.6. The molecule has 2 heterocycles. The lowest BCUT2D eigenvalue weighted by atomic mass is 10.0. The molecular weight excluding hydrogens is 326 g/mol. The van der Waals surface area contributed by atoms with Gasteiger partial charge in [0.25, 0.3) is 0 Å². The van der Waals surface area contributed by atoms with Gasteiger partial charge in [-0.3, -0.25) is 4.79 Å². The molecule has 0 N–H and O–H groups in total. The van der Waals surface area contributed by atoms with E-state index in [4.69, 9.17) is 0 Å². The first-order valence-electron chi connectivity index (χ1n) is 6.99. The van der Waals surface area contributed by atoms with E-state index < -0.39 is 5.92 Å². The van der Waals surface area contributed by atoms with E-state index in [2.05, 4.69) is 16.0 Å². The number of Topliss-reactive ketones (excluding diaryl/α,β-unsaturated/α-hetero) is 1. The van der Waals surface area contributed by atoms with Crippen LogP contribution in [0.25, 0.3) is 10.6 Å². The Bertz CT molecular complexity index is 890. The fourth-order valence-electron chi connectivity index (χ4n) is 2.19. The van der Waals surface area contributed by atoms with Gasteiger partial charge >= 0.3 is 0 Å². The summed E-state index contributed by atoms with van der Waals surface area (Å²) >= 11 is 2.68.